The second kappa shape index (κ2) is 9.55. The van der Waals surface area contributed by atoms with E-state index in [1.54, 1.807) is 42.7 Å². The van der Waals surface area contributed by atoms with E-state index in [2.05, 4.69) is 15.5 Å². The first-order valence-corrected chi connectivity index (χ1v) is 11.6. The molecule has 0 saturated carbocycles. The second-order valence-corrected chi connectivity index (χ2v) is 9.24. The monoisotopic (exact) mass is 470 g/mol. The van der Waals surface area contributed by atoms with Crippen molar-refractivity contribution in [2.45, 2.75) is 17.3 Å². The Balaban J connectivity index is 1.65. The zero-order valence-corrected chi connectivity index (χ0v) is 19.2. The van der Waals surface area contributed by atoms with E-state index in [0.29, 0.717) is 27.4 Å². The summed E-state index contributed by atoms with van der Waals surface area (Å²) in [6, 6.07) is 18.6. The Morgan fingerprint density at radius 2 is 1.90 bits per heavy atom. The number of halogens is 1. The van der Waals surface area contributed by atoms with E-state index >= 15 is 0 Å². The molecule has 9 heteroatoms. The molecule has 1 N–H and O–H groups in total. The maximum atomic E-state index is 12.8. The van der Waals surface area contributed by atoms with Crippen molar-refractivity contribution in [3.8, 4) is 22.1 Å². The van der Waals surface area contributed by atoms with Crippen LogP contribution in [0.15, 0.2) is 71.2 Å². The lowest BCUT2D eigenvalue weighted by Crippen LogP contribution is -2.22. The molecule has 0 fully saturated rings. The van der Waals surface area contributed by atoms with Crippen LogP contribution in [0, 0.1) is 0 Å². The smallest absolute Gasteiger partial charge is 0.237 e. The first kappa shape index (κ1) is 21.4. The van der Waals surface area contributed by atoms with Crippen molar-refractivity contribution in [1.82, 2.24) is 14.8 Å². The number of nitrogens with zero attached hydrogens (tertiary/aromatic N) is 3. The van der Waals surface area contributed by atoms with Gasteiger partial charge in [0.2, 0.25) is 5.91 Å². The van der Waals surface area contributed by atoms with Gasteiger partial charge in [0.05, 0.1) is 22.9 Å². The van der Waals surface area contributed by atoms with Crippen molar-refractivity contribution in [2.75, 3.05) is 12.4 Å². The van der Waals surface area contributed by atoms with Crippen molar-refractivity contribution in [3.05, 3.63) is 71.1 Å². The van der Waals surface area contributed by atoms with Gasteiger partial charge in [-0.25, -0.2) is 0 Å². The summed E-state index contributed by atoms with van der Waals surface area (Å²) in [5, 5.41) is 14.5. The fraction of sp³-hybridized carbons (Fsp3) is 0.136. The summed E-state index contributed by atoms with van der Waals surface area (Å²) in [5.41, 5.74) is 1.50. The number of thiophene rings is 1. The minimum Gasteiger partial charge on any atom is -0.495 e. The van der Waals surface area contributed by atoms with Crippen LogP contribution in [-0.2, 0) is 4.79 Å². The SMILES string of the molecule is COc1ccccc1-n1c(SC(C)C(=O)Nc2ccc(Cl)cc2)nnc1-c1cccs1. The number of ether oxygens (including phenoxy) is 1. The summed E-state index contributed by atoms with van der Waals surface area (Å²) in [7, 11) is 1.63. The zero-order chi connectivity index (χ0) is 21.8. The number of nitrogens with one attached hydrogen (secondary N) is 1. The molecular weight excluding hydrogens is 452 g/mol. The third-order valence-corrected chi connectivity index (χ3v) is 6.62. The summed E-state index contributed by atoms with van der Waals surface area (Å²) in [6.45, 7) is 1.84. The number of methoxy groups -OCH3 is 1. The molecule has 6 nitrogen and oxygen atoms in total. The lowest BCUT2D eigenvalue weighted by Gasteiger charge is -2.15. The number of rotatable bonds is 7. The molecule has 0 radical (unpaired) electrons. The van der Waals surface area contributed by atoms with E-state index in [-0.39, 0.29) is 5.91 Å². The Morgan fingerprint density at radius 1 is 1.13 bits per heavy atom. The van der Waals surface area contributed by atoms with E-state index in [1.165, 1.54) is 11.8 Å². The number of carbonyl (C=O) groups is 1. The van der Waals surface area contributed by atoms with Crippen molar-refractivity contribution < 1.29 is 9.53 Å². The molecule has 0 spiro atoms. The normalized spacial score (nSPS) is 11.8. The Labute approximate surface area is 193 Å². The largest absolute Gasteiger partial charge is 0.495 e. The molecule has 4 rings (SSSR count). The van der Waals surface area contributed by atoms with E-state index in [4.69, 9.17) is 16.3 Å². The van der Waals surface area contributed by atoms with Crippen LogP contribution in [0.1, 0.15) is 6.92 Å². The summed E-state index contributed by atoms with van der Waals surface area (Å²) in [5.74, 6) is 1.26. The van der Waals surface area contributed by atoms with Crippen molar-refractivity contribution in [2.24, 2.45) is 0 Å². The molecule has 1 unspecified atom stereocenters. The molecule has 0 aliphatic heterocycles. The predicted molar refractivity (Wildman–Crippen MR) is 127 cm³/mol. The average Bonchev–Trinajstić information content (AvgIpc) is 3.45. The van der Waals surface area contributed by atoms with Crippen LogP contribution in [0.5, 0.6) is 5.75 Å². The van der Waals surface area contributed by atoms with Crippen LogP contribution in [0.25, 0.3) is 16.4 Å². The molecule has 2 heterocycles. The van der Waals surface area contributed by atoms with Crippen LogP contribution >= 0.6 is 34.7 Å². The molecule has 0 saturated heterocycles. The molecule has 0 aliphatic rings. The minimum atomic E-state index is -0.412. The Bertz CT molecular complexity index is 1180. The quantitative estimate of drug-likeness (QED) is 0.347. The lowest BCUT2D eigenvalue weighted by molar-refractivity contribution is -0.115. The maximum absolute atomic E-state index is 12.8. The number of amides is 1. The van der Waals surface area contributed by atoms with Gasteiger partial charge in [-0.2, -0.15) is 0 Å². The van der Waals surface area contributed by atoms with Crippen LogP contribution in [0.2, 0.25) is 5.02 Å². The molecule has 1 amide bonds. The van der Waals surface area contributed by atoms with E-state index in [1.807, 2.05) is 53.3 Å². The van der Waals surface area contributed by atoms with Crippen molar-refractivity contribution in [3.63, 3.8) is 0 Å². The third kappa shape index (κ3) is 4.76. The molecule has 158 valence electrons. The minimum absolute atomic E-state index is 0.139. The number of carbonyl (C=O) groups excluding carboxylic acids is 1. The van der Waals surface area contributed by atoms with Gasteiger partial charge in [0.1, 0.15) is 5.75 Å². The number of benzene rings is 2. The van der Waals surface area contributed by atoms with Gasteiger partial charge in [-0.15, -0.1) is 21.5 Å². The number of thioether (sulfide) groups is 1. The second-order valence-electron chi connectivity index (χ2n) is 6.55. The fourth-order valence-corrected chi connectivity index (χ4v) is 4.62. The van der Waals surface area contributed by atoms with Crippen LogP contribution in [0.3, 0.4) is 0 Å². The average molecular weight is 471 g/mol. The molecule has 1 atom stereocenters. The van der Waals surface area contributed by atoms with Gasteiger partial charge in [-0.1, -0.05) is 41.6 Å². The number of anilines is 1. The zero-order valence-electron chi connectivity index (χ0n) is 16.8. The standard InChI is InChI=1S/C22H19ClN4O2S2/c1-14(21(28)24-16-11-9-15(23)10-12-16)31-22-26-25-20(19-8-5-13-30-19)27(22)17-6-3-4-7-18(17)29-2/h3-14H,1-2H3,(H,24,28). The Kier molecular flexibility index (Phi) is 6.60. The number of para-hydroxylation sites is 2. The number of hydrogen-bond acceptors (Lipinski definition) is 6. The highest BCUT2D eigenvalue weighted by atomic mass is 35.5. The Morgan fingerprint density at radius 3 is 2.61 bits per heavy atom. The van der Waals surface area contributed by atoms with Gasteiger partial charge in [-0.3, -0.25) is 9.36 Å². The van der Waals surface area contributed by atoms with Gasteiger partial charge in [0.15, 0.2) is 11.0 Å². The van der Waals surface area contributed by atoms with Crippen LogP contribution < -0.4 is 10.1 Å². The topological polar surface area (TPSA) is 69.0 Å². The molecule has 2 aromatic carbocycles. The predicted octanol–water partition coefficient (Wildman–Crippen LogP) is 5.78. The van der Waals surface area contributed by atoms with E-state index < -0.39 is 5.25 Å². The third-order valence-electron chi connectivity index (χ3n) is 4.46. The molecule has 31 heavy (non-hydrogen) atoms. The molecule has 4 aromatic rings. The molecule has 0 bridgehead atoms. The van der Waals surface area contributed by atoms with Crippen LogP contribution in [-0.4, -0.2) is 33.0 Å². The molecular formula is C22H19ClN4O2S2. The van der Waals surface area contributed by atoms with Gasteiger partial charge < -0.3 is 10.1 Å². The van der Waals surface area contributed by atoms with Crippen molar-refractivity contribution in [1.29, 1.82) is 0 Å². The maximum Gasteiger partial charge on any atom is 0.237 e. The Hall–Kier alpha value is -2.81. The van der Waals surface area contributed by atoms with Gasteiger partial charge in [-0.05, 0) is 54.8 Å². The van der Waals surface area contributed by atoms with Gasteiger partial charge in [0.25, 0.3) is 0 Å². The lowest BCUT2D eigenvalue weighted by atomic mass is 10.3. The van der Waals surface area contributed by atoms with Crippen LogP contribution in [0.4, 0.5) is 5.69 Å². The number of aromatic nitrogens is 3. The van der Waals surface area contributed by atoms with E-state index in [9.17, 15) is 4.79 Å². The van der Waals surface area contributed by atoms with E-state index in [0.717, 1.165) is 10.6 Å². The first-order valence-electron chi connectivity index (χ1n) is 9.42. The highest BCUT2D eigenvalue weighted by Crippen LogP contribution is 2.35. The fourth-order valence-electron chi connectivity index (χ4n) is 2.93. The van der Waals surface area contributed by atoms with Gasteiger partial charge in [0, 0.05) is 10.7 Å². The summed E-state index contributed by atoms with van der Waals surface area (Å²) >= 11 is 8.83. The first-order chi connectivity index (χ1) is 15.1. The summed E-state index contributed by atoms with van der Waals surface area (Å²) < 4.78 is 7.50. The summed E-state index contributed by atoms with van der Waals surface area (Å²) in [4.78, 5) is 13.7. The molecule has 2 aromatic heterocycles. The van der Waals surface area contributed by atoms with Gasteiger partial charge >= 0.3 is 0 Å². The highest BCUT2D eigenvalue weighted by Gasteiger charge is 2.23. The van der Waals surface area contributed by atoms with Crippen molar-refractivity contribution >= 4 is 46.3 Å². The number of hydrogen-bond donors (Lipinski definition) is 1. The molecule has 0 aliphatic carbocycles. The summed E-state index contributed by atoms with van der Waals surface area (Å²) in [6.07, 6.45) is 0. The highest BCUT2D eigenvalue weighted by molar-refractivity contribution is 8.00.